The number of benzene rings is 1. The maximum Gasteiger partial charge on any atom is 0.514 e. The molecule has 0 radical (unpaired) electrons. The standard InChI is InChI=1S/C23H27NO9/c25-21(28-19-3-1-18(2-4-19)24(26)27)29-20-5-7-22(8-6-20)30-32-23(33-31-22)16-10-14-9-15(12-16)13-17(23)11-14/h1-4,14-17,20H,5-13H2. The van der Waals surface area contributed by atoms with Gasteiger partial charge in [0.05, 0.1) is 4.92 Å². The molecule has 10 nitrogen and oxygen atoms in total. The van der Waals surface area contributed by atoms with Crippen LogP contribution in [0.3, 0.4) is 0 Å². The molecule has 1 saturated heterocycles. The number of hydrogen-bond acceptors (Lipinski definition) is 9. The average molecular weight is 461 g/mol. The lowest BCUT2D eigenvalue weighted by Gasteiger charge is -2.60. The van der Waals surface area contributed by atoms with Gasteiger partial charge < -0.3 is 9.47 Å². The van der Waals surface area contributed by atoms with Gasteiger partial charge in [-0.15, -0.1) is 0 Å². The first-order valence-electron chi connectivity index (χ1n) is 11.8. The third kappa shape index (κ3) is 3.78. The van der Waals surface area contributed by atoms with Gasteiger partial charge in [0, 0.05) is 36.8 Å². The van der Waals surface area contributed by atoms with Gasteiger partial charge in [-0.1, -0.05) is 0 Å². The predicted octanol–water partition coefficient (Wildman–Crippen LogP) is 4.81. The van der Waals surface area contributed by atoms with E-state index in [0.29, 0.717) is 37.5 Å². The largest absolute Gasteiger partial charge is 0.514 e. The zero-order valence-corrected chi connectivity index (χ0v) is 18.2. The van der Waals surface area contributed by atoms with Crippen molar-refractivity contribution in [3.63, 3.8) is 0 Å². The molecule has 0 atom stereocenters. The van der Waals surface area contributed by atoms with Gasteiger partial charge in [-0.2, -0.15) is 19.6 Å². The number of nitro benzene ring substituents is 1. The van der Waals surface area contributed by atoms with Crippen molar-refractivity contribution in [2.45, 2.75) is 75.5 Å². The van der Waals surface area contributed by atoms with Crippen LogP contribution in [0.2, 0.25) is 0 Å². The van der Waals surface area contributed by atoms with Gasteiger partial charge in [0.1, 0.15) is 11.9 Å². The molecule has 2 spiro atoms. The van der Waals surface area contributed by atoms with E-state index in [0.717, 1.165) is 37.5 Å². The number of ether oxygens (including phenoxy) is 2. The Morgan fingerprint density at radius 2 is 1.48 bits per heavy atom. The van der Waals surface area contributed by atoms with Crippen LogP contribution in [0.5, 0.6) is 5.75 Å². The van der Waals surface area contributed by atoms with Gasteiger partial charge in [0.15, 0.2) is 0 Å². The summed E-state index contributed by atoms with van der Waals surface area (Å²) in [6, 6.07) is 5.24. The third-order valence-electron chi connectivity index (χ3n) is 8.13. The highest BCUT2D eigenvalue weighted by Gasteiger charge is 2.64. The summed E-state index contributed by atoms with van der Waals surface area (Å²) in [5, 5.41) is 10.7. The molecule has 7 rings (SSSR count). The molecule has 0 unspecified atom stereocenters. The van der Waals surface area contributed by atoms with E-state index < -0.39 is 22.7 Å². The fourth-order valence-corrected chi connectivity index (χ4v) is 6.63. The molecule has 0 aromatic heterocycles. The van der Waals surface area contributed by atoms with Crippen molar-refractivity contribution in [1.82, 2.24) is 0 Å². The lowest BCUT2D eigenvalue weighted by atomic mass is 9.53. The molecule has 1 aliphatic heterocycles. The monoisotopic (exact) mass is 461 g/mol. The molecule has 5 saturated carbocycles. The first kappa shape index (κ1) is 21.3. The Hall–Kier alpha value is -2.27. The van der Waals surface area contributed by atoms with Gasteiger partial charge in [0.25, 0.3) is 5.69 Å². The molecule has 1 heterocycles. The maximum absolute atomic E-state index is 12.1. The Morgan fingerprint density at radius 1 is 0.909 bits per heavy atom. The molecule has 0 N–H and O–H groups in total. The number of carbonyl (C=O) groups excluding carboxylic acids is 1. The molecular weight excluding hydrogens is 434 g/mol. The smallest absolute Gasteiger partial charge is 0.431 e. The molecular formula is C23H27NO9. The second-order valence-corrected chi connectivity index (χ2v) is 10.2. The summed E-state index contributed by atoms with van der Waals surface area (Å²) in [5.74, 6) is 0.612. The maximum atomic E-state index is 12.1. The van der Waals surface area contributed by atoms with Gasteiger partial charge in [-0.25, -0.2) is 4.79 Å². The molecule has 4 bridgehead atoms. The Bertz CT molecular complexity index is 884. The number of non-ortho nitro benzene ring substituents is 1. The third-order valence-corrected chi connectivity index (χ3v) is 8.13. The number of rotatable bonds is 3. The highest BCUT2D eigenvalue weighted by molar-refractivity contribution is 5.64. The van der Waals surface area contributed by atoms with Crippen LogP contribution >= 0.6 is 0 Å². The Morgan fingerprint density at radius 3 is 2.03 bits per heavy atom. The lowest BCUT2D eigenvalue weighted by molar-refractivity contribution is -0.680. The highest BCUT2D eigenvalue weighted by Crippen LogP contribution is 2.61. The van der Waals surface area contributed by atoms with Gasteiger partial charge in [-0.05, 0) is 68.9 Å². The molecule has 5 aliphatic carbocycles. The SMILES string of the molecule is O=C(Oc1ccc([N+](=O)[O-])cc1)OC1CCC2(CC1)OOC1(OO2)C2CC3CC(C2)CC1C3. The summed E-state index contributed by atoms with van der Waals surface area (Å²) in [6.45, 7) is 0. The van der Waals surface area contributed by atoms with Gasteiger partial charge >= 0.3 is 6.16 Å². The molecule has 178 valence electrons. The van der Waals surface area contributed by atoms with E-state index >= 15 is 0 Å². The van der Waals surface area contributed by atoms with Crippen LogP contribution in [0.15, 0.2) is 24.3 Å². The lowest BCUT2D eigenvalue weighted by Crippen LogP contribution is -2.64. The molecule has 0 amide bonds. The van der Waals surface area contributed by atoms with E-state index in [4.69, 9.17) is 29.0 Å². The Labute approximate surface area is 190 Å². The van der Waals surface area contributed by atoms with Crippen LogP contribution in [0.25, 0.3) is 0 Å². The van der Waals surface area contributed by atoms with Crippen LogP contribution in [-0.2, 0) is 24.3 Å². The number of nitrogens with zero attached hydrogens (tertiary/aromatic N) is 1. The zero-order valence-electron chi connectivity index (χ0n) is 18.2. The Balaban J connectivity index is 0.999. The second-order valence-electron chi connectivity index (χ2n) is 10.2. The Kier molecular flexibility index (Phi) is 5.09. The van der Waals surface area contributed by atoms with Crippen molar-refractivity contribution in [2.24, 2.45) is 23.7 Å². The molecule has 6 fully saturated rings. The minimum Gasteiger partial charge on any atom is -0.431 e. The topological polar surface area (TPSA) is 116 Å². The number of carbonyl (C=O) groups is 1. The van der Waals surface area contributed by atoms with Crippen LogP contribution in [0.1, 0.15) is 57.8 Å². The number of hydrogen-bond donors (Lipinski definition) is 0. The second kappa shape index (κ2) is 7.90. The minimum absolute atomic E-state index is 0.0827. The molecule has 1 aromatic carbocycles. The fraction of sp³-hybridized carbons (Fsp3) is 0.696. The van der Waals surface area contributed by atoms with Crippen molar-refractivity contribution >= 4 is 11.8 Å². The van der Waals surface area contributed by atoms with Crippen molar-refractivity contribution in [1.29, 1.82) is 0 Å². The summed E-state index contributed by atoms with van der Waals surface area (Å²) in [6.07, 6.45) is 6.50. The van der Waals surface area contributed by atoms with Gasteiger partial charge in [0.2, 0.25) is 11.6 Å². The first-order chi connectivity index (χ1) is 15.9. The molecule has 6 aliphatic rings. The molecule has 33 heavy (non-hydrogen) atoms. The van der Waals surface area contributed by atoms with Crippen LogP contribution < -0.4 is 4.74 Å². The zero-order chi connectivity index (χ0) is 22.6. The van der Waals surface area contributed by atoms with Gasteiger partial charge in [-0.3, -0.25) is 10.1 Å². The predicted molar refractivity (Wildman–Crippen MR) is 109 cm³/mol. The average Bonchev–Trinajstić information content (AvgIpc) is 2.80. The first-order valence-corrected chi connectivity index (χ1v) is 11.8. The van der Waals surface area contributed by atoms with E-state index in [1.54, 1.807) is 0 Å². The molecule has 10 heteroatoms. The number of nitro groups is 1. The highest BCUT2D eigenvalue weighted by atomic mass is 17.4. The van der Waals surface area contributed by atoms with Crippen molar-refractivity contribution < 1.29 is 38.7 Å². The summed E-state index contributed by atoms with van der Waals surface area (Å²) in [5.41, 5.74) is -0.0827. The quantitative estimate of drug-likeness (QED) is 0.205. The van der Waals surface area contributed by atoms with Crippen molar-refractivity contribution in [2.75, 3.05) is 0 Å². The van der Waals surface area contributed by atoms with E-state index in [2.05, 4.69) is 0 Å². The summed E-state index contributed by atoms with van der Waals surface area (Å²) < 4.78 is 10.5. The summed E-state index contributed by atoms with van der Waals surface area (Å²) in [4.78, 5) is 46.2. The van der Waals surface area contributed by atoms with E-state index in [9.17, 15) is 14.9 Å². The van der Waals surface area contributed by atoms with Crippen LogP contribution in [0, 0.1) is 33.8 Å². The van der Waals surface area contributed by atoms with Crippen LogP contribution in [0.4, 0.5) is 10.5 Å². The normalized spacial score (nSPS) is 41.3. The summed E-state index contributed by atoms with van der Waals surface area (Å²) in [7, 11) is 0. The summed E-state index contributed by atoms with van der Waals surface area (Å²) >= 11 is 0. The van der Waals surface area contributed by atoms with Crippen LogP contribution in [-0.4, -0.2) is 28.8 Å². The molecule has 1 aromatic rings. The van der Waals surface area contributed by atoms with Crippen molar-refractivity contribution in [3.8, 4) is 5.75 Å². The minimum atomic E-state index is -0.984. The van der Waals surface area contributed by atoms with E-state index in [-0.39, 0.29) is 17.5 Å². The van der Waals surface area contributed by atoms with Crippen molar-refractivity contribution in [3.05, 3.63) is 34.4 Å². The van der Waals surface area contributed by atoms with E-state index in [1.165, 1.54) is 30.7 Å². The fourth-order valence-electron chi connectivity index (χ4n) is 6.63. The van der Waals surface area contributed by atoms with E-state index in [1.807, 2.05) is 0 Å².